The predicted octanol–water partition coefficient (Wildman–Crippen LogP) is 1.97. The fourth-order valence-electron chi connectivity index (χ4n) is 2.88. The van der Waals surface area contributed by atoms with E-state index in [1.807, 2.05) is 26.0 Å². The topological polar surface area (TPSA) is 69.7 Å². The average molecular weight is 353 g/mol. The second-order valence-corrected chi connectivity index (χ2v) is 8.46. The van der Waals surface area contributed by atoms with Gasteiger partial charge in [-0.25, -0.2) is 8.42 Å². The van der Waals surface area contributed by atoms with Crippen LogP contribution in [0.15, 0.2) is 24.3 Å². The first-order valence-electron chi connectivity index (χ1n) is 8.39. The standard InChI is InChI=1S/C17H27N3O3S/c1-14(2)18-17(21)13-20(24(3,22)23)16-9-7-15(8-10-16)19-11-5-4-6-12-19/h7-10,14H,4-6,11-13H2,1-3H3,(H,18,21). The summed E-state index contributed by atoms with van der Waals surface area (Å²) in [6.07, 6.45) is 4.76. The van der Waals surface area contributed by atoms with Gasteiger partial charge in [-0.1, -0.05) is 0 Å². The van der Waals surface area contributed by atoms with Crippen molar-refractivity contribution in [3.8, 4) is 0 Å². The smallest absolute Gasteiger partial charge is 0.240 e. The van der Waals surface area contributed by atoms with E-state index in [1.165, 1.54) is 19.3 Å². The van der Waals surface area contributed by atoms with Crippen LogP contribution >= 0.6 is 0 Å². The van der Waals surface area contributed by atoms with Gasteiger partial charge in [0.25, 0.3) is 0 Å². The Morgan fingerprint density at radius 2 is 1.75 bits per heavy atom. The average Bonchev–Trinajstić information content (AvgIpc) is 2.52. The van der Waals surface area contributed by atoms with Crippen molar-refractivity contribution in [1.29, 1.82) is 0 Å². The number of nitrogens with zero attached hydrogens (tertiary/aromatic N) is 2. The molecule has 2 rings (SSSR count). The van der Waals surface area contributed by atoms with Gasteiger partial charge in [0.1, 0.15) is 6.54 Å². The molecule has 1 aliphatic heterocycles. The number of rotatable bonds is 6. The molecule has 0 unspecified atom stereocenters. The van der Waals surface area contributed by atoms with Crippen LogP contribution in [0.4, 0.5) is 11.4 Å². The molecule has 0 aliphatic carbocycles. The second-order valence-electron chi connectivity index (χ2n) is 6.56. The SMILES string of the molecule is CC(C)NC(=O)CN(c1ccc(N2CCCCC2)cc1)S(C)(=O)=O. The van der Waals surface area contributed by atoms with E-state index in [0.717, 1.165) is 29.3 Å². The second kappa shape index (κ2) is 7.88. The zero-order valence-corrected chi connectivity index (χ0v) is 15.5. The highest BCUT2D eigenvalue weighted by atomic mass is 32.2. The van der Waals surface area contributed by atoms with Crippen LogP contribution in [0.5, 0.6) is 0 Å². The van der Waals surface area contributed by atoms with E-state index < -0.39 is 10.0 Å². The molecule has 1 amide bonds. The Morgan fingerprint density at radius 1 is 1.17 bits per heavy atom. The molecule has 1 fully saturated rings. The van der Waals surface area contributed by atoms with Crippen molar-refractivity contribution >= 4 is 27.3 Å². The summed E-state index contributed by atoms with van der Waals surface area (Å²) in [7, 11) is -3.53. The van der Waals surface area contributed by atoms with Gasteiger partial charge < -0.3 is 10.2 Å². The van der Waals surface area contributed by atoms with E-state index in [1.54, 1.807) is 12.1 Å². The Bertz CT molecular complexity index is 650. The number of carbonyl (C=O) groups is 1. The van der Waals surface area contributed by atoms with Crippen LogP contribution in [-0.4, -0.2) is 46.3 Å². The summed E-state index contributed by atoms with van der Waals surface area (Å²) in [4.78, 5) is 14.3. The summed E-state index contributed by atoms with van der Waals surface area (Å²) < 4.78 is 25.3. The van der Waals surface area contributed by atoms with Crippen LogP contribution in [0.1, 0.15) is 33.1 Å². The van der Waals surface area contributed by atoms with Crippen molar-refractivity contribution in [3.63, 3.8) is 0 Å². The molecule has 24 heavy (non-hydrogen) atoms. The Labute approximate surface area is 144 Å². The van der Waals surface area contributed by atoms with Crippen LogP contribution < -0.4 is 14.5 Å². The lowest BCUT2D eigenvalue weighted by atomic mass is 10.1. The van der Waals surface area contributed by atoms with Crippen LogP contribution in [0.3, 0.4) is 0 Å². The number of piperidine rings is 1. The number of hydrogen-bond donors (Lipinski definition) is 1. The van der Waals surface area contributed by atoms with E-state index in [0.29, 0.717) is 5.69 Å². The first-order chi connectivity index (χ1) is 11.3. The minimum Gasteiger partial charge on any atom is -0.372 e. The molecule has 0 aromatic heterocycles. The molecular weight excluding hydrogens is 326 g/mol. The predicted molar refractivity (Wildman–Crippen MR) is 98.0 cm³/mol. The zero-order chi connectivity index (χ0) is 17.7. The van der Waals surface area contributed by atoms with Gasteiger partial charge in [0, 0.05) is 24.8 Å². The number of hydrogen-bond acceptors (Lipinski definition) is 4. The molecule has 0 saturated carbocycles. The van der Waals surface area contributed by atoms with Gasteiger partial charge in [0.05, 0.1) is 11.9 Å². The summed E-state index contributed by atoms with van der Waals surface area (Å²) >= 11 is 0. The first-order valence-corrected chi connectivity index (χ1v) is 10.2. The van der Waals surface area contributed by atoms with E-state index in [9.17, 15) is 13.2 Å². The normalized spacial score (nSPS) is 15.4. The van der Waals surface area contributed by atoms with Crippen LogP contribution in [0.2, 0.25) is 0 Å². The van der Waals surface area contributed by atoms with Gasteiger partial charge in [0.15, 0.2) is 0 Å². The maximum absolute atomic E-state index is 12.1. The highest BCUT2D eigenvalue weighted by Gasteiger charge is 2.21. The molecule has 1 aromatic carbocycles. The quantitative estimate of drug-likeness (QED) is 0.849. The van der Waals surface area contributed by atoms with Crippen molar-refractivity contribution in [2.45, 2.75) is 39.2 Å². The lowest BCUT2D eigenvalue weighted by molar-refractivity contribution is -0.120. The third-order valence-electron chi connectivity index (χ3n) is 4.00. The molecule has 1 aromatic rings. The molecule has 0 bridgehead atoms. The Morgan fingerprint density at radius 3 is 2.25 bits per heavy atom. The number of anilines is 2. The molecule has 1 heterocycles. The Kier molecular flexibility index (Phi) is 6.10. The van der Waals surface area contributed by atoms with Gasteiger partial charge in [0.2, 0.25) is 15.9 Å². The summed E-state index contributed by atoms with van der Waals surface area (Å²) in [6.45, 7) is 5.55. The van der Waals surface area contributed by atoms with Crippen LogP contribution in [-0.2, 0) is 14.8 Å². The molecule has 7 heteroatoms. The number of nitrogens with one attached hydrogen (secondary N) is 1. The Balaban J connectivity index is 2.16. The van der Waals surface area contributed by atoms with Gasteiger partial charge >= 0.3 is 0 Å². The fourth-order valence-corrected chi connectivity index (χ4v) is 3.74. The van der Waals surface area contributed by atoms with E-state index in [4.69, 9.17) is 0 Å². The summed E-state index contributed by atoms with van der Waals surface area (Å²) in [6, 6.07) is 7.38. The number of amides is 1. The van der Waals surface area contributed by atoms with Gasteiger partial charge in [-0.3, -0.25) is 9.10 Å². The fraction of sp³-hybridized carbons (Fsp3) is 0.588. The van der Waals surface area contributed by atoms with Crippen molar-refractivity contribution in [2.24, 2.45) is 0 Å². The highest BCUT2D eigenvalue weighted by molar-refractivity contribution is 7.92. The molecule has 6 nitrogen and oxygen atoms in total. The van der Waals surface area contributed by atoms with Gasteiger partial charge in [-0.15, -0.1) is 0 Å². The summed E-state index contributed by atoms with van der Waals surface area (Å²) in [5, 5.41) is 2.72. The monoisotopic (exact) mass is 353 g/mol. The minimum absolute atomic E-state index is 0.0274. The lowest BCUT2D eigenvalue weighted by Crippen LogP contribution is -2.42. The van der Waals surface area contributed by atoms with E-state index in [-0.39, 0.29) is 18.5 Å². The molecule has 0 spiro atoms. The molecule has 134 valence electrons. The molecule has 0 radical (unpaired) electrons. The Hall–Kier alpha value is -1.76. The molecule has 0 atom stereocenters. The first kappa shape index (κ1) is 18.6. The third kappa shape index (κ3) is 5.12. The van der Waals surface area contributed by atoms with Crippen molar-refractivity contribution < 1.29 is 13.2 Å². The van der Waals surface area contributed by atoms with Crippen molar-refractivity contribution in [1.82, 2.24) is 5.32 Å². The molecule has 1 N–H and O–H groups in total. The third-order valence-corrected chi connectivity index (χ3v) is 5.14. The highest BCUT2D eigenvalue weighted by Crippen LogP contribution is 2.24. The number of carbonyl (C=O) groups excluding carboxylic acids is 1. The number of benzene rings is 1. The maximum Gasteiger partial charge on any atom is 0.240 e. The lowest BCUT2D eigenvalue weighted by Gasteiger charge is -2.29. The van der Waals surface area contributed by atoms with Crippen LogP contribution in [0, 0.1) is 0 Å². The molecule has 1 aliphatic rings. The summed E-state index contributed by atoms with van der Waals surface area (Å²) in [5.74, 6) is -0.310. The minimum atomic E-state index is -3.53. The van der Waals surface area contributed by atoms with E-state index in [2.05, 4.69) is 10.2 Å². The summed E-state index contributed by atoms with van der Waals surface area (Å²) in [5.41, 5.74) is 1.61. The van der Waals surface area contributed by atoms with Crippen molar-refractivity contribution in [2.75, 3.05) is 35.1 Å². The van der Waals surface area contributed by atoms with Gasteiger partial charge in [-0.2, -0.15) is 0 Å². The van der Waals surface area contributed by atoms with E-state index >= 15 is 0 Å². The number of sulfonamides is 1. The zero-order valence-electron chi connectivity index (χ0n) is 14.7. The molecular formula is C17H27N3O3S. The van der Waals surface area contributed by atoms with Crippen LogP contribution in [0.25, 0.3) is 0 Å². The molecule has 1 saturated heterocycles. The largest absolute Gasteiger partial charge is 0.372 e. The van der Waals surface area contributed by atoms with Crippen molar-refractivity contribution in [3.05, 3.63) is 24.3 Å². The maximum atomic E-state index is 12.1. The van der Waals surface area contributed by atoms with Gasteiger partial charge in [-0.05, 0) is 57.4 Å².